The van der Waals surface area contributed by atoms with Crippen molar-refractivity contribution in [3.8, 4) is 11.5 Å². The van der Waals surface area contributed by atoms with Gasteiger partial charge in [0, 0.05) is 24.5 Å². The van der Waals surface area contributed by atoms with Gasteiger partial charge in [-0.2, -0.15) is 0 Å². The fourth-order valence-electron chi connectivity index (χ4n) is 3.67. The van der Waals surface area contributed by atoms with Gasteiger partial charge in [0.05, 0.1) is 11.6 Å². The molecular weight excluding hydrogens is 377 g/mol. The largest absolute Gasteiger partial charge is 0.573 e. The van der Waals surface area contributed by atoms with Crippen molar-refractivity contribution in [2.45, 2.75) is 44.5 Å². The molecule has 2 aliphatic heterocycles. The lowest BCUT2D eigenvalue weighted by Gasteiger charge is -2.45. The normalized spacial score (nSPS) is 23.1. The second-order valence-corrected chi connectivity index (χ2v) is 7.31. The minimum atomic E-state index is -4.86. The summed E-state index contributed by atoms with van der Waals surface area (Å²) in [5.41, 5.74) is 0.337. The van der Waals surface area contributed by atoms with Crippen LogP contribution in [0.25, 0.3) is 0 Å². The van der Waals surface area contributed by atoms with Gasteiger partial charge in [-0.05, 0) is 43.7 Å². The first-order chi connectivity index (χ1) is 13.1. The lowest BCUT2D eigenvalue weighted by molar-refractivity contribution is -0.274. The highest BCUT2D eigenvalue weighted by Gasteiger charge is 2.49. The van der Waals surface area contributed by atoms with Crippen LogP contribution in [-0.4, -0.2) is 39.0 Å². The van der Waals surface area contributed by atoms with Crippen LogP contribution in [0, 0.1) is 0 Å². The van der Waals surface area contributed by atoms with Gasteiger partial charge in [-0.1, -0.05) is 0 Å². The molecule has 6 nitrogen and oxygen atoms in total. The van der Waals surface area contributed by atoms with E-state index in [1.165, 1.54) is 17.2 Å². The fraction of sp³-hybridized carbons (Fsp3) is 0.368. The lowest BCUT2D eigenvalue weighted by atomic mass is 9.85. The van der Waals surface area contributed by atoms with Crippen molar-refractivity contribution in [3.63, 3.8) is 0 Å². The number of benzene rings is 1. The van der Waals surface area contributed by atoms with Crippen LogP contribution in [-0.2, 0) is 6.54 Å². The first kappa shape index (κ1) is 18.5. The molecule has 0 spiro atoms. The molecule has 0 aliphatic carbocycles. The molecule has 1 aromatic heterocycles. The van der Waals surface area contributed by atoms with Gasteiger partial charge < -0.3 is 19.5 Å². The number of aliphatic hydroxyl groups excluding tert-OH is 1. The summed E-state index contributed by atoms with van der Waals surface area (Å²) in [5, 5.41) is 10.9. The monoisotopic (exact) mass is 394 g/mol. The molecule has 2 atom stereocenters. The summed E-state index contributed by atoms with van der Waals surface area (Å²) < 4.78 is 47.7. The number of hydrogen-bond acceptors (Lipinski definition) is 5. The zero-order valence-electron chi connectivity index (χ0n) is 15.0. The van der Waals surface area contributed by atoms with Crippen molar-refractivity contribution in [1.29, 1.82) is 0 Å². The van der Waals surface area contributed by atoms with Gasteiger partial charge in [0.25, 0.3) is 5.91 Å². The van der Waals surface area contributed by atoms with Crippen molar-refractivity contribution in [3.05, 3.63) is 53.3 Å². The van der Waals surface area contributed by atoms with E-state index in [-0.39, 0.29) is 23.8 Å². The number of hydrogen-bond donors (Lipinski definition) is 1. The third-order valence-electron chi connectivity index (χ3n) is 5.00. The van der Waals surface area contributed by atoms with Gasteiger partial charge in [0.2, 0.25) is 0 Å². The molecule has 0 saturated heterocycles. The van der Waals surface area contributed by atoms with E-state index in [1.807, 2.05) is 0 Å². The van der Waals surface area contributed by atoms with Crippen molar-refractivity contribution in [2.75, 3.05) is 0 Å². The number of carbonyl (C=O) groups excluding carboxylic acids is 1. The molecule has 0 fully saturated rings. The maximum absolute atomic E-state index is 12.9. The summed E-state index contributed by atoms with van der Waals surface area (Å²) >= 11 is 0. The number of nitrogens with zero attached hydrogens (tertiary/aromatic N) is 2. The summed E-state index contributed by atoms with van der Waals surface area (Å²) in [6.07, 6.45) is -3.03. The Morgan fingerprint density at radius 1 is 1.32 bits per heavy atom. The average molecular weight is 394 g/mol. The summed E-state index contributed by atoms with van der Waals surface area (Å²) in [7, 11) is 0. The average Bonchev–Trinajstić information content (AvgIpc) is 2.92. The van der Waals surface area contributed by atoms with Crippen molar-refractivity contribution >= 4 is 5.91 Å². The number of aliphatic hydroxyl groups is 1. The van der Waals surface area contributed by atoms with Crippen molar-refractivity contribution < 1.29 is 32.5 Å². The Morgan fingerprint density at radius 3 is 2.75 bits per heavy atom. The van der Waals surface area contributed by atoms with Gasteiger partial charge in [-0.3, -0.25) is 9.78 Å². The van der Waals surface area contributed by atoms with E-state index in [0.29, 0.717) is 5.56 Å². The summed E-state index contributed by atoms with van der Waals surface area (Å²) in [6.45, 7) is 3.52. The summed E-state index contributed by atoms with van der Waals surface area (Å²) in [5.74, 6) is -0.507. The minimum absolute atomic E-state index is 0.207. The summed E-state index contributed by atoms with van der Waals surface area (Å²) in [6, 6.07) is 4.44. The Morgan fingerprint density at radius 2 is 2.07 bits per heavy atom. The van der Waals surface area contributed by atoms with Crippen LogP contribution in [0.15, 0.2) is 36.7 Å². The topological polar surface area (TPSA) is 71.9 Å². The standard InChI is InChI=1S/C19H17F3N2O4/c1-18(2)16(25)15(24-9-10-5-6-23-8-13(10)17(24)26)12-7-11(27-19(20,21)22)3-4-14(12)28-18/h3-8,15-16,25H,9H2,1-2H3. The Bertz CT molecular complexity index is 945. The van der Waals surface area contributed by atoms with E-state index in [4.69, 9.17) is 4.74 Å². The molecule has 0 bridgehead atoms. The SMILES string of the molecule is CC1(C)Oc2ccc(OC(F)(F)F)cc2C(N2Cc3ccncc3C2=O)C1O. The van der Waals surface area contributed by atoms with Crippen LogP contribution >= 0.6 is 0 Å². The van der Waals surface area contributed by atoms with Crippen LogP contribution in [0.3, 0.4) is 0 Å². The molecule has 4 rings (SSSR count). The molecule has 2 aliphatic rings. The number of rotatable bonds is 2. The zero-order valence-corrected chi connectivity index (χ0v) is 15.0. The van der Waals surface area contributed by atoms with E-state index in [9.17, 15) is 23.1 Å². The first-order valence-electron chi connectivity index (χ1n) is 8.57. The summed E-state index contributed by atoms with van der Waals surface area (Å²) in [4.78, 5) is 18.3. The molecule has 3 heterocycles. The number of pyridine rings is 1. The molecule has 0 radical (unpaired) electrons. The van der Waals surface area contributed by atoms with Crippen LogP contribution in [0.4, 0.5) is 13.2 Å². The first-order valence-corrected chi connectivity index (χ1v) is 8.57. The predicted octanol–water partition coefficient (Wildman–Crippen LogP) is 3.21. The molecule has 1 N–H and O–H groups in total. The zero-order chi connectivity index (χ0) is 20.3. The molecule has 1 aromatic carbocycles. The van der Waals surface area contributed by atoms with Gasteiger partial charge in [-0.15, -0.1) is 13.2 Å². The molecule has 2 unspecified atom stereocenters. The molecular formula is C19H17F3N2O4. The Labute approximate surface area is 158 Å². The highest BCUT2D eigenvalue weighted by atomic mass is 19.4. The Hall–Kier alpha value is -2.81. The fourth-order valence-corrected chi connectivity index (χ4v) is 3.67. The van der Waals surface area contributed by atoms with E-state index in [0.717, 1.165) is 17.7 Å². The Balaban J connectivity index is 1.79. The van der Waals surface area contributed by atoms with E-state index < -0.39 is 29.9 Å². The van der Waals surface area contributed by atoms with E-state index in [1.54, 1.807) is 26.1 Å². The van der Waals surface area contributed by atoms with Crippen LogP contribution < -0.4 is 9.47 Å². The lowest BCUT2D eigenvalue weighted by Crippen LogP contribution is -2.53. The Kier molecular flexibility index (Phi) is 4.04. The smallest absolute Gasteiger partial charge is 0.485 e. The highest BCUT2D eigenvalue weighted by Crippen LogP contribution is 2.46. The quantitative estimate of drug-likeness (QED) is 0.847. The second kappa shape index (κ2) is 6.10. The molecule has 0 saturated carbocycles. The molecule has 28 heavy (non-hydrogen) atoms. The number of ether oxygens (including phenoxy) is 2. The number of aromatic nitrogens is 1. The number of fused-ring (bicyclic) bond motifs is 2. The van der Waals surface area contributed by atoms with E-state index >= 15 is 0 Å². The number of alkyl halides is 3. The molecule has 2 aromatic rings. The van der Waals surface area contributed by atoms with Crippen LogP contribution in [0.5, 0.6) is 11.5 Å². The molecule has 1 amide bonds. The number of amides is 1. The van der Waals surface area contributed by atoms with Crippen LogP contribution in [0.2, 0.25) is 0 Å². The van der Waals surface area contributed by atoms with Crippen molar-refractivity contribution in [2.24, 2.45) is 0 Å². The van der Waals surface area contributed by atoms with Gasteiger partial charge >= 0.3 is 6.36 Å². The second-order valence-electron chi connectivity index (χ2n) is 7.31. The molecule has 9 heteroatoms. The van der Waals surface area contributed by atoms with Gasteiger partial charge in [0.15, 0.2) is 0 Å². The number of halogens is 3. The maximum atomic E-state index is 12.9. The molecule has 148 valence electrons. The van der Waals surface area contributed by atoms with Gasteiger partial charge in [0.1, 0.15) is 23.2 Å². The van der Waals surface area contributed by atoms with E-state index in [2.05, 4.69) is 9.72 Å². The highest BCUT2D eigenvalue weighted by molar-refractivity contribution is 5.98. The van der Waals surface area contributed by atoms with Crippen molar-refractivity contribution in [1.82, 2.24) is 9.88 Å². The third-order valence-corrected chi connectivity index (χ3v) is 5.00. The van der Waals surface area contributed by atoms with Gasteiger partial charge in [-0.25, -0.2) is 0 Å². The minimum Gasteiger partial charge on any atom is -0.485 e. The number of carbonyl (C=O) groups is 1. The maximum Gasteiger partial charge on any atom is 0.573 e. The predicted molar refractivity (Wildman–Crippen MR) is 90.7 cm³/mol. The van der Waals surface area contributed by atoms with Crippen LogP contribution in [0.1, 0.15) is 41.4 Å². The third kappa shape index (κ3) is 3.05.